The van der Waals surface area contributed by atoms with Crippen LogP contribution in [0.2, 0.25) is 0 Å². The number of aryl methyl sites for hydroxylation is 1. The molecule has 3 aromatic carbocycles. The zero-order chi connectivity index (χ0) is 12.5. The van der Waals surface area contributed by atoms with Gasteiger partial charge in [-0.25, -0.2) is 0 Å². The Kier molecular flexibility index (Phi) is 2.52. The Bertz CT molecular complexity index is 714. The van der Waals surface area contributed by atoms with E-state index in [1.807, 2.05) is 12.1 Å². The van der Waals surface area contributed by atoms with Crippen LogP contribution in [-0.4, -0.2) is 0 Å². The summed E-state index contributed by atoms with van der Waals surface area (Å²) >= 11 is 0. The van der Waals surface area contributed by atoms with Crippen LogP contribution >= 0.6 is 0 Å². The van der Waals surface area contributed by atoms with Crippen LogP contribution in [0.1, 0.15) is 5.56 Å². The number of anilines is 1. The predicted octanol–water partition coefficient (Wildman–Crippen LogP) is 4.40. The summed E-state index contributed by atoms with van der Waals surface area (Å²) in [5.41, 5.74) is 10.7. The number of hydrogen-bond donors (Lipinski definition) is 1. The van der Waals surface area contributed by atoms with Crippen molar-refractivity contribution in [2.24, 2.45) is 0 Å². The van der Waals surface area contributed by atoms with Crippen molar-refractivity contribution >= 4 is 16.5 Å². The second kappa shape index (κ2) is 4.19. The highest BCUT2D eigenvalue weighted by atomic mass is 14.5. The second-order valence-corrected chi connectivity index (χ2v) is 4.56. The molecule has 0 aliphatic rings. The number of rotatable bonds is 1. The third-order valence-electron chi connectivity index (χ3n) is 3.39. The molecular formula is C17H15N. The van der Waals surface area contributed by atoms with Gasteiger partial charge >= 0.3 is 0 Å². The topological polar surface area (TPSA) is 26.0 Å². The molecule has 0 aromatic heterocycles. The molecule has 0 aliphatic heterocycles. The van der Waals surface area contributed by atoms with E-state index < -0.39 is 0 Å². The average molecular weight is 233 g/mol. The van der Waals surface area contributed by atoms with Gasteiger partial charge in [0.2, 0.25) is 0 Å². The van der Waals surface area contributed by atoms with Gasteiger partial charge in [0.05, 0.1) is 0 Å². The maximum absolute atomic E-state index is 6.04. The molecule has 0 unspecified atom stereocenters. The zero-order valence-electron chi connectivity index (χ0n) is 10.4. The van der Waals surface area contributed by atoms with Crippen LogP contribution in [0.15, 0.2) is 60.7 Å². The Morgan fingerprint density at radius 1 is 0.667 bits per heavy atom. The van der Waals surface area contributed by atoms with Crippen molar-refractivity contribution in [3.8, 4) is 11.1 Å². The van der Waals surface area contributed by atoms with E-state index in [2.05, 4.69) is 55.5 Å². The number of hydrogen-bond acceptors (Lipinski definition) is 1. The molecule has 0 spiro atoms. The highest BCUT2D eigenvalue weighted by Gasteiger charge is 2.07. The molecule has 0 saturated heterocycles. The third-order valence-corrected chi connectivity index (χ3v) is 3.39. The largest absolute Gasteiger partial charge is 0.398 e. The smallest absolute Gasteiger partial charge is 0.0394 e. The van der Waals surface area contributed by atoms with Crippen LogP contribution in [0.25, 0.3) is 21.9 Å². The van der Waals surface area contributed by atoms with Crippen molar-refractivity contribution in [3.63, 3.8) is 0 Å². The summed E-state index contributed by atoms with van der Waals surface area (Å²) in [4.78, 5) is 0. The molecule has 0 aliphatic carbocycles. The van der Waals surface area contributed by atoms with E-state index in [1.165, 1.54) is 22.1 Å². The van der Waals surface area contributed by atoms with E-state index in [4.69, 9.17) is 5.73 Å². The molecule has 1 heteroatoms. The lowest BCUT2D eigenvalue weighted by atomic mass is 9.94. The molecule has 0 amide bonds. The minimum atomic E-state index is 0.836. The van der Waals surface area contributed by atoms with Crippen LogP contribution in [0, 0.1) is 6.92 Å². The fraction of sp³-hybridized carbons (Fsp3) is 0.0588. The van der Waals surface area contributed by atoms with Crippen LogP contribution < -0.4 is 5.73 Å². The fourth-order valence-electron chi connectivity index (χ4n) is 2.43. The van der Waals surface area contributed by atoms with E-state index in [9.17, 15) is 0 Å². The van der Waals surface area contributed by atoms with Crippen LogP contribution in [0.5, 0.6) is 0 Å². The van der Waals surface area contributed by atoms with E-state index in [0.717, 1.165) is 11.1 Å². The molecule has 3 rings (SSSR count). The molecule has 1 nitrogen and oxygen atoms in total. The third kappa shape index (κ3) is 1.65. The summed E-state index contributed by atoms with van der Waals surface area (Å²) in [5.74, 6) is 0. The summed E-state index contributed by atoms with van der Waals surface area (Å²) < 4.78 is 0. The van der Waals surface area contributed by atoms with Gasteiger partial charge in [0.15, 0.2) is 0 Å². The van der Waals surface area contributed by atoms with Gasteiger partial charge in [-0.15, -0.1) is 0 Å². The summed E-state index contributed by atoms with van der Waals surface area (Å²) in [5, 5.41) is 2.34. The van der Waals surface area contributed by atoms with Crippen molar-refractivity contribution in [2.45, 2.75) is 6.92 Å². The molecule has 3 aromatic rings. The number of nitrogen functional groups attached to an aromatic ring is 1. The zero-order valence-corrected chi connectivity index (χ0v) is 10.4. The highest BCUT2D eigenvalue weighted by Crippen LogP contribution is 2.33. The standard InChI is InChI=1S/C17H15N/c1-12-6-2-3-7-13(12)15-10-11-17(18)16-9-5-4-8-14(15)16/h2-11H,18H2,1H3. The van der Waals surface area contributed by atoms with Crippen LogP contribution in [0.3, 0.4) is 0 Å². The molecule has 2 N–H and O–H groups in total. The van der Waals surface area contributed by atoms with Crippen molar-refractivity contribution in [2.75, 3.05) is 5.73 Å². The first-order valence-electron chi connectivity index (χ1n) is 6.10. The summed E-state index contributed by atoms with van der Waals surface area (Å²) in [6.45, 7) is 2.14. The average Bonchev–Trinajstić information content (AvgIpc) is 2.41. The van der Waals surface area contributed by atoms with Gasteiger partial charge in [0.25, 0.3) is 0 Å². The maximum Gasteiger partial charge on any atom is 0.0394 e. The first-order valence-corrected chi connectivity index (χ1v) is 6.10. The van der Waals surface area contributed by atoms with Crippen molar-refractivity contribution in [3.05, 3.63) is 66.2 Å². The van der Waals surface area contributed by atoms with Gasteiger partial charge in [-0.2, -0.15) is 0 Å². The Labute approximate surface area is 107 Å². The number of benzene rings is 3. The Balaban J connectivity index is 2.38. The Morgan fingerprint density at radius 3 is 2.11 bits per heavy atom. The van der Waals surface area contributed by atoms with Crippen molar-refractivity contribution in [1.82, 2.24) is 0 Å². The predicted molar refractivity (Wildman–Crippen MR) is 78.5 cm³/mol. The molecule has 0 fully saturated rings. The van der Waals surface area contributed by atoms with Crippen molar-refractivity contribution in [1.29, 1.82) is 0 Å². The minimum Gasteiger partial charge on any atom is -0.398 e. The molecule has 0 atom stereocenters. The Morgan fingerprint density at radius 2 is 1.33 bits per heavy atom. The number of nitrogens with two attached hydrogens (primary N) is 1. The van der Waals surface area contributed by atoms with Gasteiger partial charge < -0.3 is 5.73 Å². The second-order valence-electron chi connectivity index (χ2n) is 4.56. The lowest BCUT2D eigenvalue weighted by Gasteiger charge is -2.11. The minimum absolute atomic E-state index is 0.836. The van der Waals surface area contributed by atoms with E-state index in [1.54, 1.807) is 0 Å². The van der Waals surface area contributed by atoms with E-state index in [0.29, 0.717) is 0 Å². The maximum atomic E-state index is 6.04. The Hall–Kier alpha value is -2.28. The number of fused-ring (bicyclic) bond motifs is 1. The molecule has 18 heavy (non-hydrogen) atoms. The normalized spacial score (nSPS) is 10.7. The van der Waals surface area contributed by atoms with Gasteiger partial charge in [-0.3, -0.25) is 0 Å². The summed E-state index contributed by atoms with van der Waals surface area (Å²) in [7, 11) is 0. The lowest BCUT2D eigenvalue weighted by molar-refractivity contribution is 1.47. The quantitative estimate of drug-likeness (QED) is 0.619. The molecule has 88 valence electrons. The van der Waals surface area contributed by atoms with Crippen molar-refractivity contribution < 1.29 is 0 Å². The van der Waals surface area contributed by atoms with Gasteiger partial charge in [-0.05, 0) is 35.1 Å². The molecule has 0 radical (unpaired) electrons. The van der Waals surface area contributed by atoms with Crippen LogP contribution in [-0.2, 0) is 0 Å². The van der Waals surface area contributed by atoms with Gasteiger partial charge in [-0.1, -0.05) is 54.6 Å². The molecule has 0 saturated carbocycles. The SMILES string of the molecule is Cc1ccccc1-c1ccc(N)c2ccccc12. The monoisotopic (exact) mass is 233 g/mol. The lowest BCUT2D eigenvalue weighted by Crippen LogP contribution is -1.90. The van der Waals surface area contributed by atoms with Gasteiger partial charge in [0, 0.05) is 11.1 Å². The van der Waals surface area contributed by atoms with E-state index >= 15 is 0 Å². The summed E-state index contributed by atoms with van der Waals surface area (Å²) in [6, 6.07) is 20.8. The fourth-order valence-corrected chi connectivity index (χ4v) is 2.43. The summed E-state index contributed by atoms with van der Waals surface area (Å²) in [6.07, 6.45) is 0. The van der Waals surface area contributed by atoms with Crippen LogP contribution in [0.4, 0.5) is 5.69 Å². The first-order chi connectivity index (χ1) is 8.77. The van der Waals surface area contributed by atoms with Gasteiger partial charge in [0.1, 0.15) is 0 Å². The van der Waals surface area contributed by atoms with E-state index in [-0.39, 0.29) is 0 Å². The first kappa shape index (κ1) is 10.8. The highest BCUT2D eigenvalue weighted by molar-refractivity contribution is 6.03. The molecule has 0 heterocycles. The molecular weight excluding hydrogens is 218 g/mol. The molecule has 0 bridgehead atoms.